The summed E-state index contributed by atoms with van der Waals surface area (Å²) >= 11 is 0. The van der Waals surface area contributed by atoms with Crippen molar-refractivity contribution in [2.75, 3.05) is 0 Å². The van der Waals surface area contributed by atoms with Crippen LogP contribution in [0.3, 0.4) is 0 Å². The van der Waals surface area contributed by atoms with Gasteiger partial charge in [0.15, 0.2) is 0 Å². The van der Waals surface area contributed by atoms with Gasteiger partial charge in [0.05, 0.1) is 0 Å². The topological polar surface area (TPSA) is 26.0 Å². The van der Waals surface area contributed by atoms with Gasteiger partial charge in [0, 0.05) is 6.04 Å². The zero-order chi connectivity index (χ0) is 7.42. The van der Waals surface area contributed by atoms with Crippen LogP contribution in [0, 0.1) is 23.7 Å². The predicted octanol–water partition coefficient (Wildman–Crippen LogP) is 1.77. The van der Waals surface area contributed by atoms with Crippen molar-refractivity contribution in [1.29, 1.82) is 0 Å². The zero-order valence-electron chi connectivity index (χ0n) is 7.00. The van der Waals surface area contributed by atoms with Gasteiger partial charge in [-0.1, -0.05) is 6.42 Å². The van der Waals surface area contributed by atoms with Gasteiger partial charge in [0.25, 0.3) is 0 Å². The van der Waals surface area contributed by atoms with Gasteiger partial charge in [-0.2, -0.15) is 0 Å². The molecule has 0 amide bonds. The second-order valence-corrected chi connectivity index (χ2v) is 4.82. The molecule has 0 aliphatic heterocycles. The number of rotatable bonds is 0. The third-order valence-corrected chi connectivity index (χ3v) is 4.48. The SMILES string of the molecule is N[C@@H]1C[C@@H]2C[C@H]1[C@H]1CCC[C@@H]21. The molecule has 3 fully saturated rings. The first-order chi connectivity index (χ1) is 5.36. The number of hydrogen-bond donors (Lipinski definition) is 1. The summed E-state index contributed by atoms with van der Waals surface area (Å²) in [4.78, 5) is 0. The van der Waals surface area contributed by atoms with Crippen LogP contribution in [0.25, 0.3) is 0 Å². The highest BCUT2D eigenvalue weighted by Gasteiger charge is 2.52. The molecule has 0 radical (unpaired) electrons. The first kappa shape index (κ1) is 6.47. The molecule has 3 aliphatic rings. The van der Waals surface area contributed by atoms with E-state index < -0.39 is 0 Å². The van der Waals surface area contributed by atoms with Gasteiger partial charge in [-0.25, -0.2) is 0 Å². The Balaban J connectivity index is 1.90. The summed E-state index contributed by atoms with van der Waals surface area (Å²) in [6, 6.07) is 0.583. The molecule has 0 saturated heterocycles. The number of fused-ring (bicyclic) bond motifs is 5. The van der Waals surface area contributed by atoms with Crippen LogP contribution in [0.4, 0.5) is 0 Å². The van der Waals surface area contributed by atoms with E-state index in [-0.39, 0.29) is 0 Å². The van der Waals surface area contributed by atoms with Gasteiger partial charge in [-0.05, 0) is 49.4 Å². The molecule has 0 heterocycles. The molecule has 2 N–H and O–H groups in total. The van der Waals surface area contributed by atoms with Crippen molar-refractivity contribution in [2.45, 2.75) is 38.1 Å². The highest BCUT2D eigenvalue weighted by Crippen LogP contribution is 2.58. The third kappa shape index (κ3) is 0.703. The fourth-order valence-corrected chi connectivity index (χ4v) is 4.12. The standard InChI is InChI=1S/C10H17N/c11-10-5-6-4-9(10)8-3-1-2-7(6)8/h6-10H,1-5,11H2/t6-,7-,8-,9-,10+/m0/s1. The lowest BCUT2D eigenvalue weighted by atomic mass is 9.79. The summed E-state index contributed by atoms with van der Waals surface area (Å²) in [6.45, 7) is 0. The van der Waals surface area contributed by atoms with Crippen LogP contribution in [0.2, 0.25) is 0 Å². The molecule has 3 rings (SSSR count). The molecule has 62 valence electrons. The Morgan fingerprint density at radius 3 is 2.64 bits per heavy atom. The average molecular weight is 151 g/mol. The normalized spacial score (nSPS) is 60.3. The molecule has 3 saturated carbocycles. The third-order valence-electron chi connectivity index (χ3n) is 4.48. The molecule has 1 heteroatoms. The second-order valence-electron chi connectivity index (χ2n) is 4.82. The van der Waals surface area contributed by atoms with E-state index in [1.54, 1.807) is 0 Å². The lowest BCUT2D eigenvalue weighted by Crippen LogP contribution is -2.34. The van der Waals surface area contributed by atoms with Crippen LogP contribution in [0.5, 0.6) is 0 Å². The second kappa shape index (κ2) is 2.01. The molecule has 1 nitrogen and oxygen atoms in total. The van der Waals surface area contributed by atoms with Crippen molar-refractivity contribution in [2.24, 2.45) is 29.4 Å². The number of hydrogen-bond acceptors (Lipinski definition) is 1. The zero-order valence-corrected chi connectivity index (χ0v) is 7.00. The van der Waals surface area contributed by atoms with Crippen LogP contribution >= 0.6 is 0 Å². The van der Waals surface area contributed by atoms with Gasteiger partial charge in [0.1, 0.15) is 0 Å². The Kier molecular flexibility index (Phi) is 1.18. The maximum atomic E-state index is 6.08. The summed E-state index contributed by atoms with van der Waals surface area (Å²) in [5.41, 5.74) is 6.08. The van der Waals surface area contributed by atoms with Crippen molar-refractivity contribution < 1.29 is 0 Å². The Morgan fingerprint density at radius 1 is 0.909 bits per heavy atom. The molecule has 5 atom stereocenters. The molecular weight excluding hydrogens is 134 g/mol. The summed E-state index contributed by atoms with van der Waals surface area (Å²) in [6.07, 6.45) is 7.36. The van der Waals surface area contributed by atoms with Crippen molar-refractivity contribution in [3.8, 4) is 0 Å². The number of nitrogens with two attached hydrogens (primary N) is 1. The fraction of sp³-hybridized carbons (Fsp3) is 1.00. The summed E-state index contributed by atoms with van der Waals surface area (Å²) in [7, 11) is 0. The van der Waals surface area contributed by atoms with Crippen molar-refractivity contribution in [1.82, 2.24) is 0 Å². The summed E-state index contributed by atoms with van der Waals surface area (Å²) < 4.78 is 0. The summed E-state index contributed by atoms with van der Waals surface area (Å²) in [5.74, 6) is 4.15. The van der Waals surface area contributed by atoms with E-state index in [9.17, 15) is 0 Å². The van der Waals surface area contributed by atoms with Gasteiger partial charge >= 0.3 is 0 Å². The molecule has 0 spiro atoms. The first-order valence-corrected chi connectivity index (χ1v) is 5.12. The van der Waals surface area contributed by atoms with E-state index in [1.807, 2.05) is 0 Å². The van der Waals surface area contributed by atoms with E-state index in [4.69, 9.17) is 5.73 Å². The van der Waals surface area contributed by atoms with Gasteiger partial charge in [-0.3, -0.25) is 0 Å². The summed E-state index contributed by atoms with van der Waals surface area (Å²) in [5, 5.41) is 0. The lowest BCUT2D eigenvalue weighted by Gasteiger charge is -2.28. The minimum Gasteiger partial charge on any atom is -0.327 e. The minimum atomic E-state index is 0.583. The van der Waals surface area contributed by atoms with Gasteiger partial charge in [0.2, 0.25) is 0 Å². The van der Waals surface area contributed by atoms with E-state index in [2.05, 4.69) is 0 Å². The van der Waals surface area contributed by atoms with Crippen LogP contribution in [-0.4, -0.2) is 6.04 Å². The van der Waals surface area contributed by atoms with Crippen LogP contribution < -0.4 is 5.73 Å². The largest absolute Gasteiger partial charge is 0.327 e. The highest BCUT2D eigenvalue weighted by molar-refractivity contribution is 5.04. The quantitative estimate of drug-likeness (QED) is 0.561. The Bertz CT molecular complexity index is 178. The molecule has 2 bridgehead atoms. The van der Waals surface area contributed by atoms with E-state index in [1.165, 1.54) is 32.1 Å². The van der Waals surface area contributed by atoms with Crippen molar-refractivity contribution in [3.05, 3.63) is 0 Å². The average Bonchev–Trinajstić information content (AvgIpc) is 2.52. The van der Waals surface area contributed by atoms with Crippen LogP contribution in [0.15, 0.2) is 0 Å². The van der Waals surface area contributed by atoms with Crippen LogP contribution in [0.1, 0.15) is 32.1 Å². The Morgan fingerprint density at radius 2 is 1.73 bits per heavy atom. The Labute approximate surface area is 68.3 Å². The smallest absolute Gasteiger partial charge is 0.00727 e. The molecule has 3 aliphatic carbocycles. The molecular formula is C10H17N. The maximum absolute atomic E-state index is 6.08. The fourth-order valence-electron chi connectivity index (χ4n) is 4.12. The first-order valence-electron chi connectivity index (χ1n) is 5.12. The molecule has 0 unspecified atom stereocenters. The monoisotopic (exact) mass is 151 g/mol. The predicted molar refractivity (Wildman–Crippen MR) is 45.0 cm³/mol. The molecule has 0 aromatic carbocycles. The highest BCUT2D eigenvalue weighted by atomic mass is 14.7. The van der Waals surface area contributed by atoms with E-state index in [0.29, 0.717) is 6.04 Å². The van der Waals surface area contributed by atoms with E-state index >= 15 is 0 Å². The molecule has 0 aromatic rings. The van der Waals surface area contributed by atoms with Crippen molar-refractivity contribution in [3.63, 3.8) is 0 Å². The van der Waals surface area contributed by atoms with Gasteiger partial charge < -0.3 is 5.73 Å². The minimum absolute atomic E-state index is 0.583. The molecule has 0 aromatic heterocycles. The van der Waals surface area contributed by atoms with E-state index in [0.717, 1.165) is 23.7 Å². The Hall–Kier alpha value is -0.0400. The van der Waals surface area contributed by atoms with Crippen molar-refractivity contribution >= 4 is 0 Å². The molecule has 11 heavy (non-hydrogen) atoms. The van der Waals surface area contributed by atoms with Crippen LogP contribution in [-0.2, 0) is 0 Å². The maximum Gasteiger partial charge on any atom is 0.00727 e. The lowest BCUT2D eigenvalue weighted by molar-refractivity contribution is 0.234. The van der Waals surface area contributed by atoms with Gasteiger partial charge in [-0.15, -0.1) is 0 Å².